The molecule has 0 saturated heterocycles. The lowest BCUT2D eigenvalue weighted by Gasteiger charge is -2.20. The largest absolute Gasteiger partial charge is 0.462 e. The molecule has 0 aliphatic carbocycles. The standard InChI is InChI=1S/C40H78FO6PS/c1-4-7-9-11-13-15-17-19-21-23-24-26-28-30-32-34-39(42)44-36-38(37-45-48(6-3)47-49-41)46-40(43)35-33-31-29-27-25-22-20-18-16-14-12-10-8-5-2/h38H,4-37H2,1-3H3. The molecular formula is C40H78FO6PS. The molecule has 49 heavy (non-hydrogen) atoms. The van der Waals surface area contributed by atoms with Gasteiger partial charge in [-0.1, -0.05) is 194 Å². The Bertz CT molecular complexity index is 704. The number of carbonyl (C=O) groups excluding carboxylic acids is 2. The molecule has 0 heterocycles. The third-order valence-corrected chi connectivity index (χ3v) is 11.1. The van der Waals surface area contributed by atoms with Crippen molar-refractivity contribution in [3.8, 4) is 0 Å². The van der Waals surface area contributed by atoms with Crippen LogP contribution in [-0.2, 0) is 27.6 Å². The average molecular weight is 737 g/mol. The smallest absolute Gasteiger partial charge is 0.306 e. The van der Waals surface area contributed by atoms with Crippen LogP contribution in [0.4, 0.5) is 3.89 Å². The number of hydrogen-bond acceptors (Lipinski definition) is 7. The molecule has 0 aliphatic rings. The summed E-state index contributed by atoms with van der Waals surface area (Å²) in [6, 6.07) is 0. The minimum absolute atomic E-state index is 0.0107. The van der Waals surface area contributed by atoms with E-state index < -0.39 is 14.5 Å². The Labute approximate surface area is 308 Å². The van der Waals surface area contributed by atoms with E-state index in [9.17, 15) is 13.5 Å². The summed E-state index contributed by atoms with van der Waals surface area (Å²) < 4.78 is 34.3. The Kier molecular flexibility index (Phi) is 40.0. The number of hydrogen-bond donors (Lipinski definition) is 0. The lowest BCUT2D eigenvalue weighted by Crippen LogP contribution is -2.29. The van der Waals surface area contributed by atoms with Gasteiger partial charge in [-0.05, 0) is 12.8 Å². The van der Waals surface area contributed by atoms with Crippen LogP contribution in [0.25, 0.3) is 0 Å². The summed E-state index contributed by atoms with van der Waals surface area (Å²) in [5.41, 5.74) is 0. The van der Waals surface area contributed by atoms with Gasteiger partial charge >= 0.3 is 11.9 Å². The second-order valence-corrected chi connectivity index (χ2v) is 16.2. The number of ether oxygens (including phenoxy) is 2. The normalized spacial score (nSPS) is 12.7. The van der Waals surface area contributed by atoms with Crippen molar-refractivity contribution in [2.24, 2.45) is 0 Å². The zero-order chi connectivity index (χ0) is 35.9. The first-order valence-electron chi connectivity index (χ1n) is 20.8. The molecule has 0 spiro atoms. The fourth-order valence-electron chi connectivity index (χ4n) is 6.09. The second kappa shape index (κ2) is 40.3. The summed E-state index contributed by atoms with van der Waals surface area (Å²) in [5, 5.41) is 0. The fraction of sp³-hybridized carbons (Fsp3) is 0.950. The Morgan fingerprint density at radius 3 is 1.20 bits per heavy atom. The lowest BCUT2D eigenvalue weighted by atomic mass is 10.0. The molecule has 0 radical (unpaired) electrons. The monoisotopic (exact) mass is 737 g/mol. The number of carbonyl (C=O) groups is 2. The zero-order valence-corrected chi connectivity index (χ0v) is 34.0. The topological polar surface area (TPSA) is 71.1 Å². The number of halogens is 1. The highest BCUT2D eigenvalue weighted by Gasteiger charge is 2.20. The highest BCUT2D eigenvalue weighted by molar-refractivity contribution is 7.93. The predicted molar refractivity (Wildman–Crippen MR) is 209 cm³/mol. The van der Waals surface area contributed by atoms with E-state index in [0.29, 0.717) is 19.0 Å². The zero-order valence-electron chi connectivity index (χ0n) is 32.3. The Morgan fingerprint density at radius 1 is 0.510 bits per heavy atom. The Morgan fingerprint density at radius 2 is 0.857 bits per heavy atom. The number of unbranched alkanes of at least 4 members (excludes halogenated alkanes) is 27. The molecule has 2 unspecified atom stereocenters. The van der Waals surface area contributed by atoms with Crippen molar-refractivity contribution < 1.29 is 31.4 Å². The van der Waals surface area contributed by atoms with Crippen LogP contribution < -0.4 is 0 Å². The predicted octanol–water partition coefficient (Wildman–Crippen LogP) is 14.5. The highest BCUT2D eigenvalue weighted by Crippen LogP contribution is 2.42. The molecule has 0 aromatic heterocycles. The van der Waals surface area contributed by atoms with E-state index >= 15 is 0 Å². The van der Waals surface area contributed by atoms with Crippen LogP contribution in [0.3, 0.4) is 0 Å². The van der Waals surface area contributed by atoms with Gasteiger partial charge in [0.25, 0.3) is 0 Å². The van der Waals surface area contributed by atoms with Gasteiger partial charge in [0.05, 0.1) is 6.61 Å². The first-order valence-corrected chi connectivity index (χ1v) is 22.8. The first kappa shape index (κ1) is 48.6. The van der Waals surface area contributed by atoms with E-state index in [0.717, 1.165) is 38.5 Å². The molecule has 6 nitrogen and oxygen atoms in total. The minimum atomic E-state index is -1.44. The van der Waals surface area contributed by atoms with Gasteiger partial charge in [0, 0.05) is 19.0 Å². The van der Waals surface area contributed by atoms with Crippen LogP contribution in [0.1, 0.15) is 220 Å². The molecule has 0 fully saturated rings. The molecule has 2 atom stereocenters. The van der Waals surface area contributed by atoms with E-state index in [2.05, 4.69) is 13.8 Å². The molecule has 0 aliphatic heterocycles. The third-order valence-electron chi connectivity index (χ3n) is 9.22. The van der Waals surface area contributed by atoms with Crippen LogP contribution in [0.2, 0.25) is 0 Å². The van der Waals surface area contributed by atoms with Crippen LogP contribution in [0, 0.1) is 0 Å². The van der Waals surface area contributed by atoms with E-state index in [1.165, 1.54) is 148 Å². The quantitative estimate of drug-likeness (QED) is 0.0268. The van der Waals surface area contributed by atoms with Crippen LogP contribution in [0.5, 0.6) is 0 Å². The Hall–Kier alpha value is -0.430. The number of esters is 2. The molecule has 0 amide bonds. The van der Waals surface area contributed by atoms with Crippen LogP contribution in [0.15, 0.2) is 0 Å². The molecule has 0 rings (SSSR count). The summed E-state index contributed by atoms with van der Waals surface area (Å²) in [4.78, 5) is 25.0. The van der Waals surface area contributed by atoms with Gasteiger partial charge in [-0.15, -0.1) is 3.89 Å². The average Bonchev–Trinajstić information content (AvgIpc) is 3.10. The van der Waals surface area contributed by atoms with E-state index in [-0.39, 0.29) is 37.6 Å². The van der Waals surface area contributed by atoms with Gasteiger partial charge in [-0.2, -0.15) is 0 Å². The maximum Gasteiger partial charge on any atom is 0.306 e. The van der Waals surface area contributed by atoms with Crippen molar-refractivity contribution in [1.82, 2.24) is 0 Å². The SMILES string of the molecule is CCCCCCCCCCCCCCCCCC(=O)OCC(COP(CC)OSF)OC(=O)CCCCCCCCCCCCCCCC. The van der Waals surface area contributed by atoms with Crippen molar-refractivity contribution in [3.63, 3.8) is 0 Å². The molecule has 292 valence electrons. The molecule has 0 aromatic rings. The van der Waals surface area contributed by atoms with E-state index in [4.69, 9.17) is 18.0 Å². The summed E-state index contributed by atoms with van der Waals surface area (Å²) in [6.45, 7) is 6.33. The van der Waals surface area contributed by atoms with Crippen molar-refractivity contribution >= 4 is 32.7 Å². The maximum absolute atomic E-state index is 12.6. The fourth-order valence-corrected chi connectivity index (χ4v) is 7.45. The van der Waals surface area contributed by atoms with E-state index in [1.54, 1.807) is 0 Å². The molecule has 0 aromatic carbocycles. The first-order chi connectivity index (χ1) is 24.1. The summed E-state index contributed by atoms with van der Waals surface area (Å²) >= 11 is -0.221. The van der Waals surface area contributed by atoms with Gasteiger partial charge in [-0.3, -0.25) is 9.59 Å². The Balaban J connectivity index is 4.04. The molecule has 0 N–H and O–H groups in total. The second-order valence-electron chi connectivity index (χ2n) is 13.9. The van der Waals surface area contributed by atoms with Crippen LogP contribution in [-0.4, -0.2) is 37.4 Å². The van der Waals surface area contributed by atoms with E-state index in [1.807, 2.05) is 6.92 Å². The van der Waals surface area contributed by atoms with Gasteiger partial charge in [0.15, 0.2) is 14.5 Å². The molecular weight excluding hydrogens is 658 g/mol. The third kappa shape index (κ3) is 37.1. The maximum atomic E-state index is 12.6. The summed E-state index contributed by atoms with van der Waals surface area (Å²) in [6.07, 6.45) is 37.3. The number of rotatable bonds is 40. The molecule has 0 saturated carbocycles. The van der Waals surface area contributed by atoms with Crippen molar-refractivity contribution in [2.75, 3.05) is 19.4 Å². The van der Waals surface area contributed by atoms with Crippen molar-refractivity contribution in [3.05, 3.63) is 0 Å². The van der Waals surface area contributed by atoms with Crippen LogP contribution >= 0.6 is 20.8 Å². The summed E-state index contributed by atoms with van der Waals surface area (Å²) in [7, 11) is -1.44. The van der Waals surface area contributed by atoms with Crippen molar-refractivity contribution in [2.45, 2.75) is 226 Å². The molecule has 9 heteroatoms. The van der Waals surface area contributed by atoms with Gasteiger partial charge in [0.1, 0.15) is 6.61 Å². The van der Waals surface area contributed by atoms with Gasteiger partial charge < -0.3 is 14.0 Å². The van der Waals surface area contributed by atoms with Crippen molar-refractivity contribution in [1.29, 1.82) is 0 Å². The van der Waals surface area contributed by atoms with Gasteiger partial charge in [0.2, 0.25) is 12.4 Å². The highest BCUT2D eigenvalue weighted by atomic mass is 32.2. The lowest BCUT2D eigenvalue weighted by molar-refractivity contribution is -0.161. The summed E-state index contributed by atoms with van der Waals surface area (Å²) in [5.74, 6) is -0.594. The molecule has 0 bridgehead atoms. The van der Waals surface area contributed by atoms with Gasteiger partial charge in [-0.25, -0.2) is 3.97 Å². The minimum Gasteiger partial charge on any atom is -0.462 e.